The van der Waals surface area contributed by atoms with E-state index in [1.54, 1.807) is 0 Å². The molecule has 0 saturated heterocycles. The zero-order valence-electron chi connectivity index (χ0n) is 13.9. The van der Waals surface area contributed by atoms with Crippen LogP contribution in [0.1, 0.15) is 75.1 Å². The van der Waals surface area contributed by atoms with Crippen LogP contribution in [0.15, 0.2) is 30.3 Å². The molecule has 0 radical (unpaired) electrons. The van der Waals surface area contributed by atoms with Gasteiger partial charge in [-0.2, -0.15) is 0 Å². The van der Waals surface area contributed by atoms with Gasteiger partial charge in [0.15, 0.2) is 0 Å². The van der Waals surface area contributed by atoms with E-state index in [-0.39, 0.29) is 18.6 Å². The van der Waals surface area contributed by atoms with Crippen LogP contribution in [0.3, 0.4) is 0 Å². The van der Waals surface area contributed by atoms with E-state index < -0.39 is 0 Å². The van der Waals surface area contributed by atoms with Gasteiger partial charge in [-0.05, 0) is 31.4 Å². The summed E-state index contributed by atoms with van der Waals surface area (Å²) < 4.78 is 0. The third-order valence-electron chi connectivity index (χ3n) is 3.99. The van der Waals surface area contributed by atoms with Gasteiger partial charge >= 0.3 is 0 Å². The monoisotopic (exact) mass is 305 g/mol. The molecular formula is C19H31NO2. The number of aliphatic hydroxyl groups is 1. The first-order valence-electron chi connectivity index (χ1n) is 8.74. The Hall–Kier alpha value is -1.35. The lowest BCUT2D eigenvalue weighted by Crippen LogP contribution is -2.34. The first-order valence-corrected chi connectivity index (χ1v) is 8.74. The largest absolute Gasteiger partial charge is 0.396 e. The van der Waals surface area contributed by atoms with Crippen molar-refractivity contribution in [2.45, 2.75) is 70.8 Å². The summed E-state index contributed by atoms with van der Waals surface area (Å²) in [6.45, 7) is 2.48. The summed E-state index contributed by atoms with van der Waals surface area (Å²) in [5.74, 6) is 0.0393. The van der Waals surface area contributed by atoms with E-state index in [1.807, 2.05) is 30.3 Å². The molecule has 1 rings (SSSR count). The highest BCUT2D eigenvalue weighted by molar-refractivity contribution is 5.94. The zero-order valence-corrected chi connectivity index (χ0v) is 13.9. The first-order chi connectivity index (χ1) is 10.8. The van der Waals surface area contributed by atoms with Gasteiger partial charge in [-0.15, -0.1) is 0 Å². The average molecular weight is 305 g/mol. The second-order valence-corrected chi connectivity index (χ2v) is 5.96. The van der Waals surface area contributed by atoms with Gasteiger partial charge in [0, 0.05) is 18.2 Å². The number of amides is 1. The number of carbonyl (C=O) groups excluding carboxylic acids is 1. The van der Waals surface area contributed by atoms with Gasteiger partial charge in [0.25, 0.3) is 5.91 Å². The first kappa shape index (κ1) is 18.7. The quantitative estimate of drug-likeness (QED) is 0.565. The molecule has 1 amide bonds. The van der Waals surface area contributed by atoms with Crippen molar-refractivity contribution in [2.75, 3.05) is 6.61 Å². The van der Waals surface area contributed by atoms with Crippen molar-refractivity contribution in [3.8, 4) is 0 Å². The fourth-order valence-corrected chi connectivity index (χ4v) is 2.64. The zero-order chi connectivity index (χ0) is 16.0. The van der Waals surface area contributed by atoms with E-state index in [0.29, 0.717) is 0 Å². The maximum absolute atomic E-state index is 12.3. The van der Waals surface area contributed by atoms with Crippen molar-refractivity contribution in [1.29, 1.82) is 0 Å². The molecule has 1 atom stereocenters. The maximum atomic E-state index is 12.3. The van der Waals surface area contributed by atoms with Crippen LogP contribution >= 0.6 is 0 Å². The average Bonchev–Trinajstić information content (AvgIpc) is 2.55. The third kappa shape index (κ3) is 8.18. The molecule has 0 spiro atoms. The molecule has 2 N–H and O–H groups in total. The summed E-state index contributed by atoms with van der Waals surface area (Å²) in [5.41, 5.74) is 0.739. The summed E-state index contributed by atoms with van der Waals surface area (Å²) in [5, 5.41) is 12.0. The van der Waals surface area contributed by atoms with Gasteiger partial charge < -0.3 is 10.4 Å². The van der Waals surface area contributed by atoms with Crippen LogP contribution in [0.2, 0.25) is 0 Å². The summed E-state index contributed by atoms with van der Waals surface area (Å²) >= 11 is 0. The molecule has 0 aliphatic carbocycles. The van der Waals surface area contributed by atoms with E-state index >= 15 is 0 Å². The summed E-state index contributed by atoms with van der Waals surface area (Å²) in [4.78, 5) is 12.3. The number of unbranched alkanes of at least 4 members (excludes halogenated alkanes) is 5. The van der Waals surface area contributed by atoms with Crippen LogP contribution in [-0.2, 0) is 0 Å². The Morgan fingerprint density at radius 2 is 1.64 bits per heavy atom. The molecule has 3 heteroatoms. The predicted molar refractivity (Wildman–Crippen MR) is 92.0 cm³/mol. The second-order valence-electron chi connectivity index (χ2n) is 5.96. The highest BCUT2D eigenvalue weighted by Crippen LogP contribution is 2.13. The Balaban J connectivity index is 2.41. The van der Waals surface area contributed by atoms with Crippen molar-refractivity contribution in [1.82, 2.24) is 5.32 Å². The number of benzene rings is 1. The molecule has 0 fully saturated rings. The number of rotatable bonds is 12. The lowest BCUT2D eigenvalue weighted by molar-refractivity contribution is 0.0931. The van der Waals surface area contributed by atoms with Gasteiger partial charge in [0.2, 0.25) is 0 Å². The highest BCUT2D eigenvalue weighted by atomic mass is 16.2. The maximum Gasteiger partial charge on any atom is 0.251 e. The molecule has 1 aromatic carbocycles. The van der Waals surface area contributed by atoms with Crippen molar-refractivity contribution < 1.29 is 9.90 Å². The third-order valence-corrected chi connectivity index (χ3v) is 3.99. The Kier molecular flexibility index (Phi) is 10.4. The van der Waals surface area contributed by atoms with E-state index in [4.69, 9.17) is 5.11 Å². The molecule has 0 aliphatic heterocycles. The number of carbonyl (C=O) groups is 1. The number of nitrogens with one attached hydrogen (secondary N) is 1. The van der Waals surface area contributed by atoms with Crippen molar-refractivity contribution >= 4 is 5.91 Å². The van der Waals surface area contributed by atoms with Crippen LogP contribution in [0, 0.1) is 0 Å². The van der Waals surface area contributed by atoms with Crippen LogP contribution in [0.5, 0.6) is 0 Å². The Morgan fingerprint density at radius 3 is 2.27 bits per heavy atom. The normalized spacial score (nSPS) is 12.1. The Labute approximate surface area is 135 Å². The molecule has 1 aromatic rings. The molecule has 22 heavy (non-hydrogen) atoms. The molecule has 0 saturated carbocycles. The minimum absolute atomic E-state index is 0.0393. The summed E-state index contributed by atoms with van der Waals surface area (Å²) in [6.07, 6.45) is 9.91. The highest BCUT2D eigenvalue weighted by Gasteiger charge is 2.13. The van der Waals surface area contributed by atoms with Gasteiger partial charge in [0.05, 0.1) is 0 Å². The van der Waals surface area contributed by atoms with Gasteiger partial charge in [0.1, 0.15) is 0 Å². The number of aliphatic hydroxyl groups excluding tert-OH is 1. The molecule has 0 bridgehead atoms. The molecule has 0 unspecified atom stereocenters. The number of hydrogen-bond donors (Lipinski definition) is 2. The van der Waals surface area contributed by atoms with Crippen molar-refractivity contribution in [3.63, 3.8) is 0 Å². The van der Waals surface area contributed by atoms with Crippen molar-refractivity contribution in [2.24, 2.45) is 0 Å². The van der Waals surface area contributed by atoms with Crippen LogP contribution in [0.25, 0.3) is 0 Å². The van der Waals surface area contributed by atoms with Gasteiger partial charge in [-0.25, -0.2) is 0 Å². The minimum atomic E-state index is 0.0393. The Bertz CT molecular complexity index is 392. The Morgan fingerprint density at radius 1 is 1.00 bits per heavy atom. The SMILES string of the molecule is CCCCC[C@@H](CCCCCCO)NC(=O)c1ccccc1. The van der Waals surface area contributed by atoms with E-state index in [0.717, 1.165) is 44.1 Å². The van der Waals surface area contributed by atoms with E-state index in [1.165, 1.54) is 19.3 Å². The lowest BCUT2D eigenvalue weighted by Gasteiger charge is -2.19. The lowest BCUT2D eigenvalue weighted by atomic mass is 10.0. The summed E-state index contributed by atoms with van der Waals surface area (Å²) in [7, 11) is 0. The predicted octanol–water partition coefficient (Wildman–Crippen LogP) is 4.31. The summed E-state index contributed by atoms with van der Waals surface area (Å²) in [6, 6.07) is 9.72. The van der Waals surface area contributed by atoms with Crippen LogP contribution < -0.4 is 5.32 Å². The fraction of sp³-hybridized carbons (Fsp3) is 0.632. The van der Waals surface area contributed by atoms with E-state index in [2.05, 4.69) is 12.2 Å². The van der Waals surface area contributed by atoms with Crippen molar-refractivity contribution in [3.05, 3.63) is 35.9 Å². The molecule has 124 valence electrons. The smallest absolute Gasteiger partial charge is 0.251 e. The molecular weight excluding hydrogens is 274 g/mol. The molecule has 3 nitrogen and oxygen atoms in total. The molecule has 0 aromatic heterocycles. The topological polar surface area (TPSA) is 49.3 Å². The molecule has 0 aliphatic rings. The minimum Gasteiger partial charge on any atom is -0.396 e. The van der Waals surface area contributed by atoms with Crippen LogP contribution in [0.4, 0.5) is 0 Å². The standard InChI is InChI=1S/C19H31NO2/c1-2-3-7-14-18(15-10-4-5-11-16-21)20-19(22)17-12-8-6-9-13-17/h6,8-9,12-13,18,21H,2-5,7,10-11,14-16H2,1H3,(H,20,22)/t18-/m0/s1. The van der Waals surface area contributed by atoms with Gasteiger partial charge in [-0.3, -0.25) is 4.79 Å². The van der Waals surface area contributed by atoms with E-state index in [9.17, 15) is 4.79 Å². The second kappa shape index (κ2) is 12.2. The fourth-order valence-electron chi connectivity index (χ4n) is 2.64. The van der Waals surface area contributed by atoms with Gasteiger partial charge in [-0.1, -0.05) is 63.6 Å². The number of hydrogen-bond acceptors (Lipinski definition) is 2. The molecule has 0 heterocycles. The van der Waals surface area contributed by atoms with Crippen LogP contribution in [-0.4, -0.2) is 23.7 Å².